The van der Waals surface area contributed by atoms with Gasteiger partial charge in [0.2, 0.25) is 0 Å². The van der Waals surface area contributed by atoms with E-state index in [0.29, 0.717) is 22.0 Å². The van der Waals surface area contributed by atoms with Crippen molar-refractivity contribution in [3.63, 3.8) is 0 Å². The maximum Gasteiger partial charge on any atom is 0.284 e. The van der Waals surface area contributed by atoms with Crippen molar-refractivity contribution in [2.24, 2.45) is 4.40 Å². The van der Waals surface area contributed by atoms with Gasteiger partial charge in [-0.1, -0.05) is 29.8 Å². The topological polar surface area (TPSA) is 85.3 Å². The van der Waals surface area contributed by atoms with Crippen LogP contribution in [0.15, 0.2) is 69.3 Å². The maximum absolute atomic E-state index is 12.9. The predicted octanol–water partition coefficient (Wildman–Crippen LogP) is 3.86. The summed E-state index contributed by atoms with van der Waals surface area (Å²) in [5, 5.41) is 0.0807. The smallest absolute Gasteiger partial charge is 0.284 e. The molecule has 1 aliphatic heterocycles. The second kappa shape index (κ2) is 9.40. The van der Waals surface area contributed by atoms with E-state index < -0.39 is 10.0 Å². The van der Waals surface area contributed by atoms with Crippen molar-refractivity contribution in [2.75, 3.05) is 20.8 Å². The molecule has 2 aromatic rings. The first kappa shape index (κ1) is 22.6. The van der Waals surface area contributed by atoms with E-state index in [2.05, 4.69) is 11.0 Å². The first-order valence-electron chi connectivity index (χ1n) is 9.25. The van der Waals surface area contributed by atoms with Crippen LogP contribution in [0.3, 0.4) is 0 Å². The molecule has 1 saturated heterocycles. The minimum Gasteiger partial charge on any atom is -0.493 e. The molecule has 162 valence electrons. The standard InChI is InChI=1S/C22H22N2O5S2/c1-5-12-24-21(25)20(14-16-8-11-18(28-3)19(13-16)29-4)30-22(24)23-31(26,27)17-9-6-15(2)7-10-17/h5-11,13-14H,1,12H2,2-4H3/b20-14-,23-22-. The van der Waals surface area contributed by atoms with Crippen molar-refractivity contribution in [3.8, 4) is 11.5 Å². The average molecular weight is 459 g/mol. The summed E-state index contributed by atoms with van der Waals surface area (Å²) in [4.78, 5) is 14.6. The summed E-state index contributed by atoms with van der Waals surface area (Å²) in [5.74, 6) is 0.735. The summed E-state index contributed by atoms with van der Waals surface area (Å²) in [7, 11) is -0.913. The number of thioether (sulfide) groups is 1. The zero-order chi connectivity index (χ0) is 22.6. The van der Waals surface area contributed by atoms with Crippen molar-refractivity contribution in [1.29, 1.82) is 0 Å². The van der Waals surface area contributed by atoms with Crippen molar-refractivity contribution in [2.45, 2.75) is 11.8 Å². The Morgan fingerprint density at radius 1 is 1.10 bits per heavy atom. The van der Waals surface area contributed by atoms with Crippen LogP contribution >= 0.6 is 11.8 Å². The lowest BCUT2D eigenvalue weighted by atomic mass is 10.2. The van der Waals surface area contributed by atoms with Gasteiger partial charge in [-0.3, -0.25) is 9.69 Å². The molecule has 0 aliphatic carbocycles. The molecule has 2 aromatic carbocycles. The third-order valence-electron chi connectivity index (χ3n) is 4.42. The van der Waals surface area contributed by atoms with Gasteiger partial charge in [0, 0.05) is 6.54 Å². The highest BCUT2D eigenvalue weighted by Gasteiger charge is 2.34. The number of carbonyl (C=O) groups is 1. The molecular formula is C22H22N2O5S2. The summed E-state index contributed by atoms with van der Waals surface area (Å²) < 4.78 is 40.0. The van der Waals surface area contributed by atoms with Gasteiger partial charge in [-0.2, -0.15) is 8.42 Å². The van der Waals surface area contributed by atoms with Gasteiger partial charge in [0.05, 0.1) is 24.0 Å². The number of nitrogens with zero attached hydrogens (tertiary/aromatic N) is 2. The van der Waals surface area contributed by atoms with Crippen LogP contribution in [0.25, 0.3) is 6.08 Å². The number of hydrogen-bond acceptors (Lipinski definition) is 6. The van der Waals surface area contributed by atoms with Crippen LogP contribution in [0.1, 0.15) is 11.1 Å². The van der Waals surface area contributed by atoms with Gasteiger partial charge < -0.3 is 9.47 Å². The van der Waals surface area contributed by atoms with Gasteiger partial charge in [-0.05, 0) is 54.6 Å². The van der Waals surface area contributed by atoms with Gasteiger partial charge in [0.1, 0.15) is 0 Å². The number of methoxy groups -OCH3 is 2. The third kappa shape index (κ3) is 5.00. The van der Waals surface area contributed by atoms with Gasteiger partial charge in [-0.15, -0.1) is 11.0 Å². The fourth-order valence-corrected chi connectivity index (χ4v) is 5.02. The van der Waals surface area contributed by atoms with Crippen LogP contribution in [0.5, 0.6) is 11.5 Å². The van der Waals surface area contributed by atoms with E-state index in [1.54, 1.807) is 36.4 Å². The molecule has 0 radical (unpaired) electrons. The van der Waals surface area contributed by atoms with E-state index in [1.807, 2.05) is 6.92 Å². The molecule has 7 nitrogen and oxygen atoms in total. The molecule has 9 heteroatoms. The fourth-order valence-electron chi connectivity index (χ4n) is 2.83. The number of rotatable bonds is 7. The molecule has 1 aliphatic rings. The minimum atomic E-state index is -3.98. The fraction of sp³-hybridized carbons (Fsp3) is 0.182. The summed E-state index contributed by atoms with van der Waals surface area (Å²) in [6.45, 7) is 5.65. The molecule has 0 N–H and O–H groups in total. The number of carbonyl (C=O) groups excluding carboxylic acids is 1. The Bertz CT molecular complexity index is 1170. The van der Waals surface area contributed by atoms with Crippen LogP contribution in [0.2, 0.25) is 0 Å². The molecule has 3 rings (SSSR count). The second-order valence-electron chi connectivity index (χ2n) is 6.59. The Hall–Kier alpha value is -3.04. The van der Waals surface area contributed by atoms with Crippen LogP contribution in [0.4, 0.5) is 0 Å². The summed E-state index contributed by atoms with van der Waals surface area (Å²) in [6.07, 6.45) is 3.18. The Morgan fingerprint density at radius 2 is 1.77 bits per heavy atom. The highest BCUT2D eigenvalue weighted by Crippen LogP contribution is 2.35. The first-order valence-corrected chi connectivity index (χ1v) is 11.5. The quantitative estimate of drug-likeness (QED) is 0.463. The van der Waals surface area contributed by atoms with Crippen LogP contribution in [-0.2, 0) is 14.8 Å². The number of amides is 1. The summed E-state index contributed by atoms with van der Waals surface area (Å²) in [5.41, 5.74) is 1.64. The molecule has 0 atom stereocenters. The largest absolute Gasteiger partial charge is 0.493 e. The van der Waals surface area contributed by atoms with E-state index in [9.17, 15) is 13.2 Å². The van der Waals surface area contributed by atoms with Gasteiger partial charge in [0.25, 0.3) is 15.9 Å². The number of amidine groups is 1. The normalized spacial score (nSPS) is 16.7. The highest BCUT2D eigenvalue weighted by molar-refractivity contribution is 8.19. The predicted molar refractivity (Wildman–Crippen MR) is 123 cm³/mol. The number of aryl methyl sites for hydroxylation is 1. The van der Waals surface area contributed by atoms with Gasteiger partial charge in [-0.25, -0.2) is 0 Å². The summed E-state index contributed by atoms with van der Waals surface area (Å²) in [6, 6.07) is 11.6. The van der Waals surface area contributed by atoms with E-state index in [0.717, 1.165) is 17.3 Å². The van der Waals surface area contributed by atoms with Crippen molar-refractivity contribution >= 4 is 38.9 Å². The van der Waals surface area contributed by atoms with Crippen LogP contribution in [0, 0.1) is 6.92 Å². The molecule has 1 fully saturated rings. The SMILES string of the molecule is C=CCN1C(=O)/C(=C/c2ccc(OC)c(OC)c2)S/C1=N\S(=O)(=O)c1ccc(C)cc1. The zero-order valence-electron chi connectivity index (χ0n) is 17.4. The van der Waals surface area contributed by atoms with E-state index >= 15 is 0 Å². The van der Waals surface area contributed by atoms with E-state index in [1.165, 1.54) is 37.3 Å². The molecule has 1 amide bonds. The molecule has 0 bridgehead atoms. The average Bonchev–Trinajstić information content (AvgIpc) is 3.02. The number of benzene rings is 2. The Morgan fingerprint density at radius 3 is 2.39 bits per heavy atom. The third-order valence-corrected chi connectivity index (χ3v) is 6.83. The lowest BCUT2D eigenvalue weighted by molar-refractivity contribution is -0.121. The van der Waals surface area contributed by atoms with Crippen molar-refractivity contribution < 1.29 is 22.7 Å². The zero-order valence-corrected chi connectivity index (χ0v) is 19.0. The van der Waals surface area contributed by atoms with Crippen LogP contribution < -0.4 is 9.47 Å². The van der Waals surface area contributed by atoms with E-state index in [4.69, 9.17) is 9.47 Å². The number of ether oxygens (including phenoxy) is 2. The molecule has 0 aromatic heterocycles. The van der Waals surface area contributed by atoms with Gasteiger partial charge >= 0.3 is 0 Å². The van der Waals surface area contributed by atoms with E-state index in [-0.39, 0.29) is 22.5 Å². The van der Waals surface area contributed by atoms with Crippen molar-refractivity contribution in [3.05, 3.63) is 71.2 Å². The maximum atomic E-state index is 12.9. The van der Waals surface area contributed by atoms with Gasteiger partial charge in [0.15, 0.2) is 16.7 Å². The molecule has 0 saturated carbocycles. The number of hydrogen-bond donors (Lipinski definition) is 0. The first-order chi connectivity index (χ1) is 14.8. The molecular weight excluding hydrogens is 436 g/mol. The Kier molecular flexibility index (Phi) is 6.87. The molecule has 0 unspecified atom stereocenters. The Labute approximate surface area is 186 Å². The summed E-state index contributed by atoms with van der Waals surface area (Å²) >= 11 is 0.998. The lowest BCUT2D eigenvalue weighted by Crippen LogP contribution is -2.29. The highest BCUT2D eigenvalue weighted by atomic mass is 32.2. The molecule has 1 heterocycles. The lowest BCUT2D eigenvalue weighted by Gasteiger charge is -2.12. The number of sulfonamides is 1. The molecule has 0 spiro atoms. The second-order valence-corrected chi connectivity index (χ2v) is 9.20. The Balaban J connectivity index is 1.99. The van der Waals surface area contributed by atoms with Crippen molar-refractivity contribution in [1.82, 2.24) is 4.90 Å². The minimum absolute atomic E-state index is 0.0644. The van der Waals surface area contributed by atoms with Crippen LogP contribution in [-0.4, -0.2) is 45.2 Å². The monoisotopic (exact) mass is 458 g/mol. The molecule has 31 heavy (non-hydrogen) atoms.